The SMILES string of the molecule is CCCOc1ccc(OC(F)(F)C(=O)C(F)F)cc1. The molecular formula is C12H12F4O3. The van der Waals surface area contributed by atoms with E-state index in [2.05, 4.69) is 4.74 Å². The van der Waals surface area contributed by atoms with E-state index in [9.17, 15) is 22.4 Å². The Balaban J connectivity index is 2.69. The van der Waals surface area contributed by atoms with Gasteiger partial charge in [0.25, 0.3) is 0 Å². The first-order chi connectivity index (χ1) is 8.86. The van der Waals surface area contributed by atoms with Gasteiger partial charge in [-0.3, -0.25) is 4.79 Å². The summed E-state index contributed by atoms with van der Waals surface area (Å²) in [5.74, 6) is -2.54. The van der Waals surface area contributed by atoms with Crippen LogP contribution in [-0.2, 0) is 4.79 Å². The van der Waals surface area contributed by atoms with Gasteiger partial charge in [0.05, 0.1) is 6.61 Å². The maximum Gasteiger partial charge on any atom is 0.467 e. The number of carbonyl (C=O) groups excluding carboxylic acids is 1. The summed E-state index contributed by atoms with van der Waals surface area (Å²) in [5.41, 5.74) is 0. The van der Waals surface area contributed by atoms with Crippen molar-refractivity contribution in [3.8, 4) is 11.5 Å². The highest BCUT2D eigenvalue weighted by molar-refractivity contribution is 5.87. The van der Waals surface area contributed by atoms with Crippen molar-refractivity contribution in [3.05, 3.63) is 24.3 Å². The van der Waals surface area contributed by atoms with Gasteiger partial charge in [0.15, 0.2) is 0 Å². The highest BCUT2D eigenvalue weighted by atomic mass is 19.3. The minimum absolute atomic E-state index is 0.400. The molecule has 0 aliphatic rings. The lowest BCUT2D eigenvalue weighted by atomic mass is 10.3. The number of rotatable bonds is 7. The van der Waals surface area contributed by atoms with Gasteiger partial charge in [0.2, 0.25) is 0 Å². The molecule has 0 atom stereocenters. The second-order valence-electron chi connectivity index (χ2n) is 3.60. The molecule has 1 aromatic carbocycles. The Morgan fingerprint density at radius 3 is 2.21 bits per heavy atom. The minimum atomic E-state index is -4.56. The molecule has 7 heteroatoms. The lowest BCUT2D eigenvalue weighted by molar-refractivity contribution is -0.200. The molecule has 0 unspecified atom stereocenters. The average Bonchev–Trinajstić information content (AvgIpc) is 2.36. The zero-order valence-corrected chi connectivity index (χ0v) is 10.0. The van der Waals surface area contributed by atoms with Crippen LogP contribution in [0.25, 0.3) is 0 Å². The van der Waals surface area contributed by atoms with Crippen LogP contribution in [0.3, 0.4) is 0 Å². The first-order valence-electron chi connectivity index (χ1n) is 5.49. The zero-order chi connectivity index (χ0) is 14.5. The van der Waals surface area contributed by atoms with Crippen molar-refractivity contribution in [2.24, 2.45) is 0 Å². The second kappa shape index (κ2) is 6.40. The summed E-state index contributed by atoms with van der Waals surface area (Å²) < 4.78 is 58.9. The molecule has 0 saturated carbocycles. The molecule has 0 heterocycles. The minimum Gasteiger partial charge on any atom is -0.494 e. The number of hydrogen-bond acceptors (Lipinski definition) is 3. The molecule has 0 radical (unpaired) electrons. The van der Waals surface area contributed by atoms with E-state index in [4.69, 9.17) is 4.74 Å². The van der Waals surface area contributed by atoms with Crippen LogP contribution in [0, 0.1) is 0 Å². The first-order valence-corrected chi connectivity index (χ1v) is 5.49. The van der Waals surface area contributed by atoms with E-state index >= 15 is 0 Å². The van der Waals surface area contributed by atoms with Gasteiger partial charge in [-0.1, -0.05) is 6.92 Å². The lowest BCUT2D eigenvalue weighted by Gasteiger charge is -2.16. The summed E-state index contributed by atoms with van der Waals surface area (Å²) in [7, 11) is 0. The summed E-state index contributed by atoms with van der Waals surface area (Å²) in [5, 5.41) is 0. The highest BCUT2D eigenvalue weighted by Crippen LogP contribution is 2.26. The predicted octanol–water partition coefficient (Wildman–Crippen LogP) is 3.28. The molecule has 0 fully saturated rings. The molecule has 1 rings (SSSR count). The van der Waals surface area contributed by atoms with E-state index in [1.54, 1.807) is 0 Å². The van der Waals surface area contributed by atoms with Gasteiger partial charge in [-0.05, 0) is 30.7 Å². The lowest BCUT2D eigenvalue weighted by Crippen LogP contribution is -2.39. The van der Waals surface area contributed by atoms with E-state index in [1.165, 1.54) is 12.1 Å². The fourth-order valence-electron chi connectivity index (χ4n) is 1.15. The molecule has 3 nitrogen and oxygen atoms in total. The van der Waals surface area contributed by atoms with Crippen LogP contribution in [0.1, 0.15) is 13.3 Å². The van der Waals surface area contributed by atoms with E-state index in [-0.39, 0.29) is 0 Å². The molecule has 0 saturated heterocycles. The highest BCUT2D eigenvalue weighted by Gasteiger charge is 2.47. The van der Waals surface area contributed by atoms with Crippen molar-refractivity contribution in [2.45, 2.75) is 25.9 Å². The van der Waals surface area contributed by atoms with Crippen molar-refractivity contribution < 1.29 is 31.8 Å². The fourth-order valence-corrected chi connectivity index (χ4v) is 1.15. The van der Waals surface area contributed by atoms with Crippen LogP contribution in [0.15, 0.2) is 24.3 Å². The maximum atomic E-state index is 13.0. The quantitative estimate of drug-likeness (QED) is 0.719. The third-order valence-electron chi connectivity index (χ3n) is 2.03. The number of benzene rings is 1. The summed E-state index contributed by atoms with van der Waals surface area (Å²) in [4.78, 5) is 10.5. The van der Waals surface area contributed by atoms with Crippen LogP contribution in [-0.4, -0.2) is 24.9 Å². The Hall–Kier alpha value is -1.79. The second-order valence-corrected chi connectivity index (χ2v) is 3.60. The first kappa shape index (κ1) is 15.3. The topological polar surface area (TPSA) is 35.5 Å². The van der Waals surface area contributed by atoms with E-state index in [1.807, 2.05) is 6.92 Å². The molecule has 0 spiro atoms. The van der Waals surface area contributed by atoms with E-state index < -0.39 is 24.1 Å². The van der Waals surface area contributed by atoms with Crippen LogP contribution >= 0.6 is 0 Å². The predicted molar refractivity (Wildman–Crippen MR) is 58.8 cm³/mol. The molecular weight excluding hydrogens is 268 g/mol. The monoisotopic (exact) mass is 280 g/mol. The molecule has 0 aliphatic carbocycles. The molecule has 0 amide bonds. The van der Waals surface area contributed by atoms with Gasteiger partial charge in [-0.2, -0.15) is 8.78 Å². The molecule has 1 aromatic rings. The molecule has 19 heavy (non-hydrogen) atoms. The van der Waals surface area contributed by atoms with Gasteiger partial charge in [-0.15, -0.1) is 0 Å². The molecule has 0 aliphatic heterocycles. The average molecular weight is 280 g/mol. The van der Waals surface area contributed by atoms with E-state index in [0.717, 1.165) is 18.6 Å². The number of Topliss-reactive ketones (excluding diaryl/α,β-unsaturated/α-hetero) is 1. The Labute approximate surface area is 107 Å². The van der Waals surface area contributed by atoms with E-state index in [0.29, 0.717) is 12.4 Å². The number of hydrogen-bond donors (Lipinski definition) is 0. The number of halogens is 4. The molecule has 0 bridgehead atoms. The van der Waals surface area contributed by atoms with Crippen molar-refractivity contribution in [1.29, 1.82) is 0 Å². The summed E-state index contributed by atoms with van der Waals surface area (Å²) in [6, 6.07) is 4.90. The van der Waals surface area contributed by atoms with Crippen LogP contribution in [0.4, 0.5) is 17.6 Å². The third-order valence-corrected chi connectivity index (χ3v) is 2.03. The number of carbonyl (C=O) groups is 1. The molecule has 106 valence electrons. The molecule has 0 N–H and O–H groups in total. The Morgan fingerprint density at radius 1 is 1.21 bits per heavy atom. The number of ether oxygens (including phenoxy) is 2. The van der Waals surface area contributed by atoms with Gasteiger partial charge in [0.1, 0.15) is 11.5 Å². The third kappa shape index (κ3) is 4.42. The van der Waals surface area contributed by atoms with Crippen LogP contribution in [0.2, 0.25) is 0 Å². The largest absolute Gasteiger partial charge is 0.494 e. The zero-order valence-electron chi connectivity index (χ0n) is 10.0. The van der Waals surface area contributed by atoms with Crippen molar-refractivity contribution in [3.63, 3.8) is 0 Å². The van der Waals surface area contributed by atoms with Crippen LogP contribution in [0.5, 0.6) is 11.5 Å². The number of ketones is 1. The van der Waals surface area contributed by atoms with Gasteiger partial charge >= 0.3 is 18.3 Å². The van der Waals surface area contributed by atoms with Crippen LogP contribution < -0.4 is 9.47 Å². The molecule has 0 aromatic heterocycles. The van der Waals surface area contributed by atoms with Crippen molar-refractivity contribution in [1.82, 2.24) is 0 Å². The maximum absolute atomic E-state index is 13.0. The Kier molecular flexibility index (Phi) is 5.14. The van der Waals surface area contributed by atoms with Gasteiger partial charge in [-0.25, -0.2) is 8.78 Å². The summed E-state index contributed by atoms with van der Waals surface area (Å²) in [6.45, 7) is 2.36. The Morgan fingerprint density at radius 2 is 1.74 bits per heavy atom. The fraction of sp³-hybridized carbons (Fsp3) is 0.417. The smallest absolute Gasteiger partial charge is 0.467 e. The standard InChI is InChI=1S/C12H12F4O3/c1-2-7-18-8-3-5-9(6-4-8)19-12(15,16)10(17)11(13)14/h3-6,11H,2,7H2,1H3. The number of alkyl halides is 4. The normalized spacial score (nSPS) is 11.5. The van der Waals surface area contributed by atoms with Gasteiger partial charge in [0, 0.05) is 0 Å². The van der Waals surface area contributed by atoms with Crippen molar-refractivity contribution >= 4 is 5.78 Å². The Bertz CT molecular complexity index is 417. The van der Waals surface area contributed by atoms with Gasteiger partial charge < -0.3 is 9.47 Å². The van der Waals surface area contributed by atoms with Crippen molar-refractivity contribution in [2.75, 3.05) is 6.61 Å². The summed E-state index contributed by atoms with van der Waals surface area (Å²) in [6.07, 6.45) is -7.57. The summed E-state index contributed by atoms with van der Waals surface area (Å²) >= 11 is 0.